The van der Waals surface area contributed by atoms with Crippen LogP contribution >= 0.6 is 0 Å². The summed E-state index contributed by atoms with van der Waals surface area (Å²) in [6.07, 6.45) is 1.000. The van der Waals surface area contributed by atoms with Gasteiger partial charge in [0.1, 0.15) is 5.70 Å². The lowest BCUT2D eigenvalue weighted by Gasteiger charge is -2.25. The summed E-state index contributed by atoms with van der Waals surface area (Å²) in [7, 11) is 3.58. The Morgan fingerprint density at radius 2 is 1.92 bits per heavy atom. The van der Waals surface area contributed by atoms with Crippen molar-refractivity contribution in [1.29, 1.82) is 0 Å². The molecule has 0 aliphatic rings. The van der Waals surface area contributed by atoms with E-state index in [1.54, 1.807) is 19.1 Å². The molecule has 1 N–H and O–H groups in total. The maximum Gasteiger partial charge on any atom is 0.255 e. The van der Waals surface area contributed by atoms with E-state index in [0.29, 0.717) is 5.70 Å². The van der Waals surface area contributed by atoms with Crippen LogP contribution in [0.25, 0.3) is 0 Å². The van der Waals surface area contributed by atoms with Crippen LogP contribution in [0.3, 0.4) is 0 Å². The molecule has 76 valence electrons. The highest BCUT2D eigenvalue weighted by atomic mass is 16.6. The van der Waals surface area contributed by atoms with E-state index in [9.17, 15) is 10.1 Å². The summed E-state index contributed by atoms with van der Waals surface area (Å²) in [5, 5.41) is 12.0. The third kappa shape index (κ3) is 5.19. The van der Waals surface area contributed by atoms with Crippen molar-refractivity contribution in [2.45, 2.75) is 20.8 Å². The monoisotopic (exact) mass is 187 g/mol. The minimum absolute atomic E-state index is 0.253. The van der Waals surface area contributed by atoms with E-state index >= 15 is 0 Å². The summed E-state index contributed by atoms with van der Waals surface area (Å²) in [6.45, 7) is 5.75. The molecule has 0 aromatic heterocycles. The normalized spacial score (nSPS) is 13.2. The number of hydrazine groups is 1. The molecule has 0 fully saturated rings. The third-order valence-corrected chi connectivity index (χ3v) is 1.39. The van der Waals surface area contributed by atoms with Crippen LogP contribution in [0, 0.1) is 15.5 Å². The van der Waals surface area contributed by atoms with Gasteiger partial charge in [-0.05, 0) is 0 Å². The maximum absolute atomic E-state index is 10.3. The van der Waals surface area contributed by atoms with E-state index in [0.717, 1.165) is 6.20 Å². The smallest absolute Gasteiger partial charge is 0.255 e. The van der Waals surface area contributed by atoms with Crippen LogP contribution in [0.15, 0.2) is 11.9 Å². The predicted molar refractivity (Wildman–Crippen MR) is 51.4 cm³/mol. The first-order valence-electron chi connectivity index (χ1n) is 4.03. The van der Waals surface area contributed by atoms with Crippen molar-refractivity contribution >= 4 is 0 Å². The fourth-order valence-corrected chi connectivity index (χ4v) is 0.737. The van der Waals surface area contributed by atoms with Crippen LogP contribution in [-0.2, 0) is 0 Å². The highest BCUT2D eigenvalue weighted by Crippen LogP contribution is 2.22. The molecule has 0 aliphatic heterocycles. The van der Waals surface area contributed by atoms with Crippen LogP contribution in [0.1, 0.15) is 20.8 Å². The van der Waals surface area contributed by atoms with E-state index in [-0.39, 0.29) is 5.41 Å². The van der Waals surface area contributed by atoms with E-state index in [4.69, 9.17) is 0 Å². The van der Waals surface area contributed by atoms with Crippen molar-refractivity contribution in [2.24, 2.45) is 5.41 Å². The zero-order chi connectivity index (χ0) is 10.6. The summed E-state index contributed by atoms with van der Waals surface area (Å²) in [4.78, 5) is 9.86. The first-order chi connectivity index (χ1) is 5.73. The average Bonchev–Trinajstić information content (AvgIpc) is 1.81. The number of nitrogens with one attached hydrogen (secondary N) is 1. The molecule has 0 unspecified atom stereocenters. The Kier molecular flexibility index (Phi) is 3.87. The minimum Gasteiger partial charge on any atom is -0.317 e. The van der Waals surface area contributed by atoms with Crippen LogP contribution < -0.4 is 5.43 Å². The molecule has 5 nitrogen and oxygen atoms in total. The van der Waals surface area contributed by atoms with Gasteiger partial charge < -0.3 is 5.43 Å². The van der Waals surface area contributed by atoms with Gasteiger partial charge in [0.15, 0.2) is 0 Å². The van der Waals surface area contributed by atoms with Crippen molar-refractivity contribution in [3.63, 3.8) is 0 Å². The quantitative estimate of drug-likeness (QED) is 0.533. The first-order valence-corrected chi connectivity index (χ1v) is 4.03. The zero-order valence-electron chi connectivity index (χ0n) is 8.79. The van der Waals surface area contributed by atoms with Gasteiger partial charge in [-0.1, -0.05) is 20.8 Å². The molecule has 0 spiro atoms. The number of rotatable bonds is 3. The molecule has 0 bridgehead atoms. The molecule has 0 heterocycles. The molecule has 0 saturated heterocycles. The Balaban J connectivity index is 4.67. The van der Waals surface area contributed by atoms with E-state index in [1.807, 2.05) is 20.8 Å². The van der Waals surface area contributed by atoms with E-state index in [1.165, 1.54) is 0 Å². The standard InChI is InChI=1S/C8H17N3O2/c1-8(2,3)7(6-11(12)13)9-10(4)5/h6,9H,1-5H3. The lowest BCUT2D eigenvalue weighted by atomic mass is 9.93. The summed E-state index contributed by atoms with van der Waals surface area (Å²) in [6, 6.07) is 0. The van der Waals surface area contributed by atoms with Crippen LogP contribution in [0.5, 0.6) is 0 Å². The fraction of sp³-hybridized carbons (Fsp3) is 0.750. The van der Waals surface area contributed by atoms with Crippen molar-refractivity contribution in [2.75, 3.05) is 14.1 Å². The average molecular weight is 187 g/mol. The maximum atomic E-state index is 10.3. The van der Waals surface area contributed by atoms with Gasteiger partial charge in [0.2, 0.25) is 0 Å². The molecule has 0 radical (unpaired) electrons. The third-order valence-electron chi connectivity index (χ3n) is 1.39. The van der Waals surface area contributed by atoms with Gasteiger partial charge in [0.05, 0.1) is 4.92 Å². The van der Waals surface area contributed by atoms with Crippen molar-refractivity contribution < 1.29 is 4.92 Å². The summed E-state index contributed by atoms with van der Waals surface area (Å²) in [5.74, 6) is 0. The Bertz CT molecular complexity index is 216. The van der Waals surface area contributed by atoms with Gasteiger partial charge in [0, 0.05) is 19.5 Å². The molecule has 0 aliphatic carbocycles. The molecule has 0 aromatic rings. The Morgan fingerprint density at radius 1 is 1.46 bits per heavy atom. The molecular formula is C8H17N3O2. The van der Waals surface area contributed by atoms with Crippen LogP contribution in [-0.4, -0.2) is 24.0 Å². The summed E-state index contributed by atoms with van der Waals surface area (Å²) < 4.78 is 0. The molecule has 13 heavy (non-hydrogen) atoms. The highest BCUT2D eigenvalue weighted by molar-refractivity contribution is 5.04. The first kappa shape index (κ1) is 11.9. The second kappa shape index (κ2) is 4.23. The largest absolute Gasteiger partial charge is 0.317 e. The predicted octanol–water partition coefficient (Wildman–Crippen LogP) is 1.22. The zero-order valence-corrected chi connectivity index (χ0v) is 8.79. The van der Waals surface area contributed by atoms with Crippen LogP contribution in [0.2, 0.25) is 0 Å². The second-order valence-electron chi connectivity index (χ2n) is 4.08. The number of hydrogen-bond acceptors (Lipinski definition) is 4. The van der Waals surface area contributed by atoms with Gasteiger partial charge in [-0.15, -0.1) is 0 Å². The summed E-state index contributed by atoms with van der Waals surface area (Å²) >= 11 is 0. The lowest BCUT2D eigenvalue weighted by molar-refractivity contribution is -0.404. The minimum atomic E-state index is -0.447. The Hall–Kier alpha value is -1.10. The number of nitro groups is 1. The van der Waals surface area contributed by atoms with Crippen LogP contribution in [0.4, 0.5) is 0 Å². The van der Waals surface area contributed by atoms with Gasteiger partial charge in [0.25, 0.3) is 6.20 Å². The Morgan fingerprint density at radius 3 is 2.15 bits per heavy atom. The topological polar surface area (TPSA) is 58.4 Å². The van der Waals surface area contributed by atoms with Gasteiger partial charge >= 0.3 is 0 Å². The van der Waals surface area contributed by atoms with Gasteiger partial charge in [-0.3, -0.25) is 10.1 Å². The van der Waals surface area contributed by atoms with E-state index < -0.39 is 4.92 Å². The summed E-state index contributed by atoms with van der Waals surface area (Å²) in [5.41, 5.74) is 3.24. The van der Waals surface area contributed by atoms with Crippen molar-refractivity contribution in [3.8, 4) is 0 Å². The SMILES string of the molecule is CN(C)NC(=C[N+](=O)[O-])C(C)(C)C. The number of allylic oxidation sites excluding steroid dienone is 1. The lowest BCUT2D eigenvalue weighted by Crippen LogP contribution is -2.35. The Labute approximate surface area is 78.5 Å². The fourth-order valence-electron chi connectivity index (χ4n) is 0.737. The second-order valence-corrected chi connectivity index (χ2v) is 4.08. The molecule has 5 heteroatoms. The van der Waals surface area contributed by atoms with Gasteiger partial charge in [-0.25, -0.2) is 5.01 Å². The van der Waals surface area contributed by atoms with Crippen molar-refractivity contribution in [3.05, 3.63) is 22.0 Å². The molecule has 0 atom stereocenters. The number of nitrogens with zero attached hydrogens (tertiary/aromatic N) is 2. The molecule has 0 rings (SSSR count). The number of hydrogen-bond donors (Lipinski definition) is 1. The molecule has 0 saturated carbocycles. The van der Waals surface area contributed by atoms with Crippen molar-refractivity contribution in [1.82, 2.24) is 10.4 Å². The van der Waals surface area contributed by atoms with Gasteiger partial charge in [-0.2, -0.15) is 0 Å². The van der Waals surface area contributed by atoms with E-state index in [2.05, 4.69) is 5.43 Å². The molecule has 0 aromatic carbocycles. The molecular weight excluding hydrogens is 170 g/mol. The highest BCUT2D eigenvalue weighted by Gasteiger charge is 2.20. The molecule has 0 amide bonds.